The molecule has 4 rings (SSSR count). The zero-order chi connectivity index (χ0) is 22.7. The second kappa shape index (κ2) is 9.12. The number of para-hydroxylation sites is 1. The molecule has 2 N–H and O–H groups in total. The van der Waals surface area contributed by atoms with Gasteiger partial charge >= 0.3 is 0 Å². The van der Waals surface area contributed by atoms with Gasteiger partial charge in [0.2, 0.25) is 12.7 Å². The van der Waals surface area contributed by atoms with Crippen molar-refractivity contribution in [2.24, 2.45) is 0 Å². The van der Waals surface area contributed by atoms with Gasteiger partial charge in [-0.1, -0.05) is 41.4 Å². The van der Waals surface area contributed by atoms with Crippen LogP contribution in [0.3, 0.4) is 0 Å². The van der Waals surface area contributed by atoms with Crippen LogP contribution in [0.4, 0.5) is 11.4 Å². The summed E-state index contributed by atoms with van der Waals surface area (Å²) in [7, 11) is -4.05. The van der Waals surface area contributed by atoms with Gasteiger partial charge in [0, 0.05) is 11.8 Å². The topological polar surface area (TPSA) is 93.7 Å². The fourth-order valence-corrected chi connectivity index (χ4v) is 4.75. The van der Waals surface area contributed by atoms with Crippen LogP contribution in [0, 0.1) is 0 Å². The number of ether oxygens (including phenoxy) is 2. The lowest BCUT2D eigenvalue weighted by Crippen LogP contribution is -2.15. The number of hydrogen-bond acceptors (Lipinski definition) is 5. The molecule has 1 aliphatic rings. The minimum absolute atomic E-state index is 0.00143. The van der Waals surface area contributed by atoms with Crippen molar-refractivity contribution in [3.63, 3.8) is 0 Å². The van der Waals surface area contributed by atoms with Gasteiger partial charge in [0.15, 0.2) is 11.5 Å². The zero-order valence-electron chi connectivity index (χ0n) is 16.3. The Kier molecular flexibility index (Phi) is 6.27. The van der Waals surface area contributed by atoms with Crippen molar-refractivity contribution < 1.29 is 22.7 Å². The fourth-order valence-electron chi connectivity index (χ4n) is 2.90. The molecule has 0 spiro atoms. The molecule has 164 valence electrons. The van der Waals surface area contributed by atoms with Gasteiger partial charge in [-0.3, -0.25) is 9.52 Å². The molecule has 3 aromatic rings. The minimum Gasteiger partial charge on any atom is -0.454 e. The molecule has 32 heavy (non-hydrogen) atoms. The van der Waals surface area contributed by atoms with Crippen molar-refractivity contribution in [3.8, 4) is 11.5 Å². The molecule has 10 heteroatoms. The van der Waals surface area contributed by atoms with Gasteiger partial charge in [0.05, 0.1) is 15.7 Å². The van der Waals surface area contributed by atoms with E-state index >= 15 is 0 Å². The van der Waals surface area contributed by atoms with Crippen molar-refractivity contribution in [1.82, 2.24) is 0 Å². The number of fused-ring (bicyclic) bond motifs is 1. The SMILES string of the molecule is O=C(/C=C/c1ccc2c(c1)OCO2)Nc1ccc(Cl)c(S(=O)(=O)Nc2ccccc2Cl)c1. The summed E-state index contributed by atoms with van der Waals surface area (Å²) in [5, 5.41) is 2.86. The van der Waals surface area contributed by atoms with Gasteiger partial charge < -0.3 is 14.8 Å². The molecule has 7 nitrogen and oxygen atoms in total. The van der Waals surface area contributed by atoms with E-state index in [0.717, 1.165) is 5.56 Å². The predicted octanol–water partition coefficient (Wildman–Crippen LogP) is 5.17. The number of carbonyl (C=O) groups is 1. The molecule has 0 saturated heterocycles. The van der Waals surface area contributed by atoms with Gasteiger partial charge in [-0.15, -0.1) is 0 Å². The lowest BCUT2D eigenvalue weighted by Gasteiger charge is -2.12. The summed E-state index contributed by atoms with van der Waals surface area (Å²) in [6.07, 6.45) is 2.92. The highest BCUT2D eigenvalue weighted by Crippen LogP contribution is 2.33. The molecule has 1 amide bonds. The van der Waals surface area contributed by atoms with Crippen LogP contribution >= 0.6 is 23.2 Å². The Labute approximate surface area is 194 Å². The molecule has 0 fully saturated rings. The summed E-state index contributed by atoms with van der Waals surface area (Å²) in [5.41, 5.74) is 1.22. The van der Waals surface area contributed by atoms with E-state index in [2.05, 4.69) is 10.0 Å². The number of halogens is 2. The summed E-state index contributed by atoms with van der Waals surface area (Å²) in [6, 6.07) is 15.9. The molecule has 0 unspecified atom stereocenters. The minimum atomic E-state index is -4.05. The standard InChI is InChI=1S/C22H16Cl2N2O5S/c23-16-3-1-2-4-18(16)26-32(28,29)21-12-15(7-8-17(21)24)25-22(27)10-6-14-5-9-19-20(11-14)31-13-30-19/h1-12,26H,13H2,(H,25,27)/b10-6+. The Balaban J connectivity index is 1.49. The summed E-state index contributed by atoms with van der Waals surface area (Å²) >= 11 is 12.1. The molecular weight excluding hydrogens is 475 g/mol. The Hall–Kier alpha value is -3.20. The second-order valence-electron chi connectivity index (χ2n) is 6.67. The fraction of sp³-hybridized carbons (Fsp3) is 0.0455. The molecule has 0 bridgehead atoms. The number of amides is 1. The van der Waals surface area contributed by atoms with Crippen LogP contribution in [-0.4, -0.2) is 21.1 Å². The Morgan fingerprint density at radius 1 is 0.938 bits per heavy atom. The zero-order valence-corrected chi connectivity index (χ0v) is 18.7. The molecule has 1 aliphatic heterocycles. The summed E-state index contributed by atoms with van der Waals surface area (Å²) in [5.74, 6) is 0.797. The first-order chi connectivity index (χ1) is 15.3. The van der Waals surface area contributed by atoms with E-state index in [1.807, 2.05) is 0 Å². The second-order valence-corrected chi connectivity index (χ2v) is 9.13. The first-order valence-corrected chi connectivity index (χ1v) is 11.5. The van der Waals surface area contributed by atoms with Gasteiger partial charge in [0.25, 0.3) is 10.0 Å². The summed E-state index contributed by atoms with van der Waals surface area (Å²) in [4.78, 5) is 12.1. The predicted molar refractivity (Wildman–Crippen MR) is 124 cm³/mol. The van der Waals surface area contributed by atoms with Crippen LogP contribution in [-0.2, 0) is 14.8 Å². The third-order valence-corrected chi connectivity index (χ3v) is 6.61. The molecule has 0 saturated carbocycles. The first-order valence-electron chi connectivity index (χ1n) is 9.27. The molecule has 0 atom stereocenters. The van der Waals surface area contributed by atoms with Crippen molar-refractivity contribution in [1.29, 1.82) is 0 Å². The van der Waals surface area contributed by atoms with Crippen LogP contribution in [0.1, 0.15) is 5.56 Å². The average Bonchev–Trinajstić information content (AvgIpc) is 3.23. The highest BCUT2D eigenvalue weighted by atomic mass is 35.5. The van der Waals surface area contributed by atoms with Crippen LogP contribution < -0.4 is 19.5 Å². The average molecular weight is 491 g/mol. The highest BCUT2D eigenvalue weighted by molar-refractivity contribution is 7.92. The molecule has 0 aliphatic carbocycles. The highest BCUT2D eigenvalue weighted by Gasteiger charge is 2.20. The number of anilines is 2. The molecule has 3 aromatic carbocycles. The smallest absolute Gasteiger partial charge is 0.263 e. The number of rotatable bonds is 6. The van der Waals surface area contributed by atoms with E-state index in [1.165, 1.54) is 30.3 Å². The monoisotopic (exact) mass is 490 g/mol. The third kappa shape index (κ3) is 4.99. The van der Waals surface area contributed by atoms with E-state index in [1.54, 1.807) is 42.5 Å². The maximum absolute atomic E-state index is 12.8. The maximum Gasteiger partial charge on any atom is 0.263 e. The summed E-state index contributed by atoms with van der Waals surface area (Å²) < 4.78 is 38.6. The first kappa shape index (κ1) is 22.0. The number of carbonyl (C=O) groups excluding carboxylic acids is 1. The van der Waals surface area contributed by atoms with Crippen LogP contribution in [0.25, 0.3) is 6.08 Å². The van der Waals surface area contributed by atoms with E-state index in [-0.39, 0.29) is 33.1 Å². The van der Waals surface area contributed by atoms with E-state index < -0.39 is 15.9 Å². The third-order valence-electron chi connectivity index (χ3n) is 4.43. The molecule has 0 radical (unpaired) electrons. The Bertz CT molecular complexity index is 1330. The van der Waals surface area contributed by atoms with Crippen molar-refractivity contribution in [3.05, 3.63) is 82.3 Å². The normalized spacial score (nSPS) is 12.7. The molecule has 1 heterocycles. The Morgan fingerprint density at radius 2 is 1.72 bits per heavy atom. The Morgan fingerprint density at radius 3 is 2.53 bits per heavy atom. The largest absolute Gasteiger partial charge is 0.454 e. The number of nitrogens with one attached hydrogen (secondary N) is 2. The lowest BCUT2D eigenvalue weighted by molar-refractivity contribution is -0.111. The van der Waals surface area contributed by atoms with Crippen molar-refractivity contribution in [2.75, 3.05) is 16.8 Å². The number of sulfonamides is 1. The van der Waals surface area contributed by atoms with Crippen LogP contribution in [0.2, 0.25) is 10.0 Å². The van der Waals surface area contributed by atoms with Gasteiger partial charge in [0.1, 0.15) is 4.90 Å². The lowest BCUT2D eigenvalue weighted by atomic mass is 10.2. The molecule has 0 aromatic heterocycles. The van der Waals surface area contributed by atoms with E-state index in [4.69, 9.17) is 32.7 Å². The maximum atomic E-state index is 12.8. The quantitative estimate of drug-likeness (QED) is 0.464. The van der Waals surface area contributed by atoms with Gasteiger partial charge in [-0.2, -0.15) is 0 Å². The van der Waals surface area contributed by atoms with Gasteiger partial charge in [-0.05, 0) is 54.1 Å². The van der Waals surface area contributed by atoms with Crippen molar-refractivity contribution in [2.45, 2.75) is 4.90 Å². The number of benzene rings is 3. The summed E-state index contributed by atoms with van der Waals surface area (Å²) in [6.45, 7) is 0.163. The van der Waals surface area contributed by atoms with Gasteiger partial charge in [-0.25, -0.2) is 8.42 Å². The van der Waals surface area contributed by atoms with Crippen molar-refractivity contribution >= 4 is 56.6 Å². The van der Waals surface area contributed by atoms with Crippen LogP contribution in [0.5, 0.6) is 11.5 Å². The number of hydrogen-bond donors (Lipinski definition) is 2. The van der Waals surface area contributed by atoms with E-state index in [0.29, 0.717) is 11.5 Å². The van der Waals surface area contributed by atoms with Crippen LogP contribution in [0.15, 0.2) is 71.6 Å². The molecular formula is C22H16Cl2N2O5S. The van der Waals surface area contributed by atoms with E-state index in [9.17, 15) is 13.2 Å².